The van der Waals surface area contributed by atoms with Gasteiger partial charge in [-0.05, 0) is 37.6 Å². The molecule has 1 aliphatic carbocycles. The second kappa shape index (κ2) is 6.15. The summed E-state index contributed by atoms with van der Waals surface area (Å²) >= 11 is 0. The molecule has 1 saturated carbocycles. The van der Waals surface area contributed by atoms with E-state index in [1.807, 2.05) is 0 Å². The fourth-order valence-electron chi connectivity index (χ4n) is 2.45. The molecule has 0 unspecified atom stereocenters. The van der Waals surface area contributed by atoms with Gasteiger partial charge in [0.2, 0.25) is 10.0 Å². The summed E-state index contributed by atoms with van der Waals surface area (Å²) in [5.41, 5.74) is 0.387. The Hall–Kier alpha value is -1.05. The van der Waals surface area contributed by atoms with Gasteiger partial charge >= 0.3 is 0 Å². The molecule has 0 aromatic heterocycles. The highest BCUT2D eigenvalue weighted by Crippen LogP contribution is 2.23. The van der Waals surface area contributed by atoms with Crippen LogP contribution in [0.5, 0.6) is 0 Å². The van der Waals surface area contributed by atoms with Crippen molar-refractivity contribution in [3.8, 4) is 0 Å². The summed E-state index contributed by atoms with van der Waals surface area (Å²) in [5.74, 6) is -2.47. The lowest BCUT2D eigenvalue weighted by Gasteiger charge is -2.14. The van der Waals surface area contributed by atoms with Crippen molar-refractivity contribution >= 4 is 10.0 Å². The fraction of sp³-hybridized carbons (Fsp3) is 0.538. The van der Waals surface area contributed by atoms with E-state index >= 15 is 0 Å². The summed E-state index contributed by atoms with van der Waals surface area (Å²) in [7, 11) is -2.39. The van der Waals surface area contributed by atoms with Gasteiger partial charge in [-0.25, -0.2) is 21.9 Å². The van der Waals surface area contributed by atoms with Gasteiger partial charge in [-0.3, -0.25) is 0 Å². The van der Waals surface area contributed by atoms with Crippen molar-refractivity contribution in [3.05, 3.63) is 29.3 Å². The Bertz CT molecular complexity index is 584. The maximum absolute atomic E-state index is 13.8. The molecule has 0 saturated heterocycles. The molecule has 0 spiro atoms. The van der Waals surface area contributed by atoms with Gasteiger partial charge in [-0.2, -0.15) is 0 Å². The average molecular weight is 304 g/mol. The molecule has 0 aliphatic heterocycles. The van der Waals surface area contributed by atoms with Crippen molar-refractivity contribution in [2.24, 2.45) is 0 Å². The van der Waals surface area contributed by atoms with Gasteiger partial charge in [-0.1, -0.05) is 12.8 Å². The summed E-state index contributed by atoms with van der Waals surface area (Å²) in [4.78, 5) is -0.616. The normalized spacial score (nSPS) is 16.8. The minimum Gasteiger partial charge on any atom is -0.316 e. The summed E-state index contributed by atoms with van der Waals surface area (Å²) in [6.45, 7) is 0.267. The molecule has 4 nitrogen and oxygen atoms in total. The standard InChI is InChI=1S/C13H18F2N2O2S/c1-16-8-9-6-11(14)13(15)12(7-9)20(18,19)17-10-4-2-3-5-10/h6-7,10,16-17H,2-5,8H2,1H3. The van der Waals surface area contributed by atoms with E-state index in [0.717, 1.165) is 31.7 Å². The Morgan fingerprint density at radius 2 is 1.90 bits per heavy atom. The molecule has 2 rings (SSSR count). The SMILES string of the molecule is CNCc1cc(F)c(F)c(S(=O)(=O)NC2CCCC2)c1. The van der Waals surface area contributed by atoms with Crippen molar-refractivity contribution in [1.82, 2.24) is 10.0 Å². The lowest BCUT2D eigenvalue weighted by Crippen LogP contribution is -2.33. The Labute approximate surface area is 117 Å². The first kappa shape index (κ1) is 15.3. The third kappa shape index (κ3) is 3.34. The zero-order chi connectivity index (χ0) is 14.8. The molecule has 0 atom stereocenters. The zero-order valence-corrected chi connectivity index (χ0v) is 12.1. The van der Waals surface area contributed by atoms with Gasteiger partial charge < -0.3 is 5.32 Å². The van der Waals surface area contributed by atoms with Gasteiger partial charge in [0, 0.05) is 12.6 Å². The van der Waals surface area contributed by atoms with Crippen LogP contribution in [0.2, 0.25) is 0 Å². The van der Waals surface area contributed by atoms with Gasteiger partial charge in [0.25, 0.3) is 0 Å². The number of nitrogens with one attached hydrogen (secondary N) is 2. The molecule has 0 bridgehead atoms. The molecule has 1 aromatic carbocycles. The van der Waals surface area contributed by atoms with Crippen LogP contribution in [-0.4, -0.2) is 21.5 Å². The first-order chi connectivity index (χ1) is 9.44. The van der Waals surface area contributed by atoms with Gasteiger partial charge in [0.1, 0.15) is 4.90 Å². The predicted octanol–water partition coefficient (Wildman–Crippen LogP) is 1.91. The quantitative estimate of drug-likeness (QED) is 0.873. The summed E-state index contributed by atoms with van der Waals surface area (Å²) in [5, 5.41) is 2.78. The van der Waals surface area contributed by atoms with E-state index in [9.17, 15) is 17.2 Å². The van der Waals surface area contributed by atoms with Crippen LogP contribution in [0.15, 0.2) is 17.0 Å². The first-order valence-electron chi connectivity index (χ1n) is 6.59. The highest BCUT2D eigenvalue weighted by atomic mass is 32.2. The summed E-state index contributed by atoms with van der Waals surface area (Å²) < 4.78 is 54.1. The summed E-state index contributed by atoms with van der Waals surface area (Å²) in [6.07, 6.45) is 3.37. The molecule has 2 N–H and O–H groups in total. The van der Waals surface area contributed by atoms with Crippen molar-refractivity contribution in [2.45, 2.75) is 43.2 Å². The number of hydrogen-bond acceptors (Lipinski definition) is 3. The highest BCUT2D eigenvalue weighted by molar-refractivity contribution is 7.89. The van der Waals surface area contributed by atoms with E-state index in [0.29, 0.717) is 5.56 Å². The van der Waals surface area contributed by atoms with Crippen molar-refractivity contribution in [2.75, 3.05) is 7.05 Å². The molecule has 20 heavy (non-hydrogen) atoms. The molecule has 112 valence electrons. The minimum absolute atomic E-state index is 0.185. The first-order valence-corrected chi connectivity index (χ1v) is 8.07. The van der Waals surface area contributed by atoms with E-state index < -0.39 is 26.6 Å². The Kier molecular flexibility index (Phi) is 4.72. The fourth-order valence-corrected chi connectivity index (χ4v) is 3.89. The highest BCUT2D eigenvalue weighted by Gasteiger charge is 2.27. The van der Waals surface area contributed by atoms with E-state index in [4.69, 9.17) is 0 Å². The number of rotatable bonds is 5. The lowest BCUT2D eigenvalue weighted by atomic mass is 10.2. The minimum atomic E-state index is -4.03. The molecular formula is C13H18F2N2O2S. The zero-order valence-electron chi connectivity index (χ0n) is 11.2. The molecule has 1 aromatic rings. The second-order valence-electron chi connectivity index (χ2n) is 5.02. The average Bonchev–Trinajstić information content (AvgIpc) is 2.85. The number of sulfonamides is 1. The van der Waals surface area contributed by atoms with Crippen LogP contribution in [0.4, 0.5) is 8.78 Å². The van der Waals surface area contributed by atoms with Crippen LogP contribution < -0.4 is 10.0 Å². The van der Waals surface area contributed by atoms with Crippen molar-refractivity contribution in [1.29, 1.82) is 0 Å². The predicted molar refractivity (Wildman–Crippen MR) is 71.7 cm³/mol. The number of halogens is 2. The monoisotopic (exact) mass is 304 g/mol. The van der Waals surface area contributed by atoms with Crippen LogP contribution in [0, 0.1) is 11.6 Å². The third-order valence-electron chi connectivity index (χ3n) is 3.40. The lowest BCUT2D eigenvalue weighted by molar-refractivity contribution is 0.478. The van der Waals surface area contributed by atoms with Crippen LogP contribution in [0.1, 0.15) is 31.2 Å². The number of hydrogen-bond donors (Lipinski definition) is 2. The van der Waals surface area contributed by atoms with Crippen LogP contribution in [0.3, 0.4) is 0 Å². The Morgan fingerprint density at radius 1 is 1.25 bits per heavy atom. The number of benzene rings is 1. The molecule has 0 amide bonds. The molecule has 1 fully saturated rings. The molecule has 0 radical (unpaired) electrons. The van der Waals surface area contributed by atoms with E-state index in [1.165, 1.54) is 6.07 Å². The third-order valence-corrected chi connectivity index (χ3v) is 4.92. The Balaban J connectivity index is 2.33. The second-order valence-corrected chi connectivity index (χ2v) is 6.71. The van der Waals surface area contributed by atoms with E-state index in [2.05, 4.69) is 10.0 Å². The van der Waals surface area contributed by atoms with Crippen molar-refractivity contribution in [3.63, 3.8) is 0 Å². The largest absolute Gasteiger partial charge is 0.316 e. The van der Waals surface area contributed by atoms with Crippen LogP contribution >= 0.6 is 0 Å². The molecule has 7 heteroatoms. The maximum Gasteiger partial charge on any atom is 0.243 e. The topological polar surface area (TPSA) is 58.2 Å². The van der Waals surface area contributed by atoms with Crippen LogP contribution in [0.25, 0.3) is 0 Å². The maximum atomic E-state index is 13.8. The molecule has 1 aliphatic rings. The molecular weight excluding hydrogens is 286 g/mol. The van der Waals surface area contributed by atoms with Crippen molar-refractivity contribution < 1.29 is 17.2 Å². The van der Waals surface area contributed by atoms with E-state index in [1.54, 1.807) is 7.05 Å². The Morgan fingerprint density at radius 3 is 2.50 bits per heavy atom. The smallest absolute Gasteiger partial charge is 0.243 e. The summed E-state index contributed by atoms with van der Waals surface area (Å²) in [6, 6.07) is 1.99. The van der Waals surface area contributed by atoms with Crippen LogP contribution in [-0.2, 0) is 16.6 Å². The van der Waals surface area contributed by atoms with Gasteiger partial charge in [0.05, 0.1) is 0 Å². The van der Waals surface area contributed by atoms with E-state index in [-0.39, 0.29) is 12.6 Å². The molecule has 0 heterocycles. The van der Waals surface area contributed by atoms with Gasteiger partial charge in [-0.15, -0.1) is 0 Å². The van der Waals surface area contributed by atoms with Gasteiger partial charge in [0.15, 0.2) is 11.6 Å².